The van der Waals surface area contributed by atoms with Crippen molar-refractivity contribution in [3.63, 3.8) is 0 Å². The molecule has 0 aromatic rings. The summed E-state index contributed by atoms with van der Waals surface area (Å²) < 4.78 is 5.76. The monoisotopic (exact) mass is 282 g/mol. The van der Waals surface area contributed by atoms with Gasteiger partial charge < -0.3 is 15.8 Å². The minimum absolute atomic E-state index is 0.0137. The van der Waals surface area contributed by atoms with E-state index in [0.717, 1.165) is 32.3 Å². The topological polar surface area (TPSA) is 64.4 Å². The van der Waals surface area contributed by atoms with E-state index in [-0.39, 0.29) is 28.9 Å². The zero-order valence-corrected chi connectivity index (χ0v) is 13.6. The van der Waals surface area contributed by atoms with Gasteiger partial charge in [-0.25, -0.2) is 0 Å². The predicted molar refractivity (Wildman–Crippen MR) is 80.3 cm³/mol. The highest BCUT2D eigenvalue weighted by Gasteiger charge is 2.71. The summed E-state index contributed by atoms with van der Waals surface area (Å²) in [4.78, 5) is 12.9. The summed E-state index contributed by atoms with van der Waals surface area (Å²) >= 11 is 0. The van der Waals surface area contributed by atoms with Crippen LogP contribution in [0.25, 0.3) is 0 Å². The van der Waals surface area contributed by atoms with Crippen LogP contribution in [0.4, 0.5) is 0 Å². The lowest BCUT2D eigenvalue weighted by molar-refractivity contribution is -0.177. The molecular weight excluding hydrogens is 252 g/mol. The van der Waals surface area contributed by atoms with E-state index in [1.54, 1.807) is 0 Å². The Morgan fingerprint density at radius 1 is 1.30 bits per heavy atom. The van der Waals surface area contributed by atoms with Gasteiger partial charge >= 0.3 is 0 Å². The predicted octanol–water partition coefficient (Wildman–Crippen LogP) is 2.21. The fourth-order valence-electron chi connectivity index (χ4n) is 4.20. The third-order valence-electron chi connectivity index (χ3n) is 6.24. The van der Waals surface area contributed by atoms with E-state index >= 15 is 0 Å². The molecule has 1 amide bonds. The van der Waals surface area contributed by atoms with Gasteiger partial charge in [0.1, 0.15) is 5.54 Å². The average molecular weight is 282 g/mol. The van der Waals surface area contributed by atoms with Gasteiger partial charge in [-0.2, -0.15) is 0 Å². The highest BCUT2D eigenvalue weighted by atomic mass is 16.5. The molecule has 0 spiro atoms. The molecule has 1 aliphatic heterocycles. The van der Waals surface area contributed by atoms with Crippen LogP contribution in [0, 0.1) is 11.3 Å². The first-order chi connectivity index (χ1) is 9.29. The van der Waals surface area contributed by atoms with Gasteiger partial charge in [-0.3, -0.25) is 4.79 Å². The van der Waals surface area contributed by atoms with Crippen molar-refractivity contribution in [3.05, 3.63) is 0 Å². The van der Waals surface area contributed by atoms with E-state index in [0.29, 0.717) is 0 Å². The first kappa shape index (κ1) is 15.8. The molecule has 1 saturated heterocycles. The normalized spacial score (nSPS) is 35.3. The number of hydrogen-bond donors (Lipinski definition) is 2. The molecule has 1 aliphatic carbocycles. The molecule has 116 valence electrons. The van der Waals surface area contributed by atoms with E-state index in [2.05, 4.69) is 39.9 Å². The van der Waals surface area contributed by atoms with Gasteiger partial charge in [-0.15, -0.1) is 0 Å². The van der Waals surface area contributed by atoms with Gasteiger partial charge in [-0.1, -0.05) is 34.6 Å². The third kappa shape index (κ3) is 1.84. The number of nitrogens with one attached hydrogen (secondary N) is 1. The molecule has 0 radical (unpaired) electrons. The van der Waals surface area contributed by atoms with Gasteiger partial charge in [0.25, 0.3) is 0 Å². The lowest BCUT2D eigenvalue weighted by Gasteiger charge is -2.61. The van der Waals surface area contributed by atoms with Gasteiger partial charge in [-0.05, 0) is 25.7 Å². The minimum Gasteiger partial charge on any atom is -0.377 e. The second kappa shape index (κ2) is 4.99. The zero-order chi connectivity index (χ0) is 15.2. The van der Waals surface area contributed by atoms with Crippen LogP contribution < -0.4 is 11.1 Å². The van der Waals surface area contributed by atoms with E-state index < -0.39 is 5.54 Å². The van der Waals surface area contributed by atoms with Crippen LogP contribution in [-0.4, -0.2) is 29.7 Å². The minimum atomic E-state index is -0.793. The van der Waals surface area contributed by atoms with Crippen molar-refractivity contribution in [1.29, 1.82) is 0 Å². The largest absolute Gasteiger partial charge is 0.377 e. The number of nitrogens with two attached hydrogens (primary N) is 1. The molecule has 20 heavy (non-hydrogen) atoms. The summed E-state index contributed by atoms with van der Waals surface area (Å²) in [6.45, 7) is 11.2. The molecule has 2 rings (SSSR count). The Kier molecular flexibility index (Phi) is 3.93. The van der Waals surface area contributed by atoms with Crippen LogP contribution in [0.2, 0.25) is 0 Å². The third-order valence-corrected chi connectivity index (χ3v) is 6.24. The SMILES string of the molecule is CCC(CC)(CC)NC(=O)C1(N)C2CCOC2C1(C)C. The Morgan fingerprint density at radius 3 is 2.35 bits per heavy atom. The lowest BCUT2D eigenvalue weighted by Crippen LogP contribution is -2.81. The number of ether oxygens (including phenoxy) is 1. The standard InChI is InChI=1S/C16H30N2O2/c1-6-15(7-2,8-3)18-13(19)16(17)11-9-10-20-12(11)14(16,4)5/h11-12H,6-10,17H2,1-5H3,(H,18,19). The molecule has 4 heteroatoms. The molecule has 2 fully saturated rings. The molecule has 1 heterocycles. The summed E-state index contributed by atoms with van der Waals surface area (Å²) in [6, 6.07) is 0. The molecule has 3 atom stereocenters. The van der Waals surface area contributed by atoms with Crippen molar-refractivity contribution in [3.8, 4) is 0 Å². The highest BCUT2D eigenvalue weighted by molar-refractivity contribution is 5.90. The quantitative estimate of drug-likeness (QED) is 0.812. The van der Waals surface area contributed by atoms with Crippen molar-refractivity contribution in [2.75, 3.05) is 6.61 Å². The molecule has 3 N–H and O–H groups in total. The summed E-state index contributed by atoms with van der Waals surface area (Å²) in [5, 5.41) is 3.27. The molecule has 0 aromatic heterocycles. The Balaban J connectivity index is 2.20. The summed E-state index contributed by atoms with van der Waals surface area (Å²) in [7, 11) is 0. The van der Waals surface area contributed by atoms with Crippen LogP contribution in [0.5, 0.6) is 0 Å². The highest BCUT2D eigenvalue weighted by Crippen LogP contribution is 2.58. The van der Waals surface area contributed by atoms with E-state index in [1.807, 2.05) is 0 Å². The maximum atomic E-state index is 12.9. The van der Waals surface area contributed by atoms with E-state index in [1.165, 1.54) is 0 Å². The number of carbonyl (C=O) groups excluding carboxylic acids is 1. The Labute approximate surface area is 122 Å². The molecular formula is C16H30N2O2. The second-order valence-corrected chi connectivity index (χ2v) is 7.07. The van der Waals surface area contributed by atoms with Crippen molar-refractivity contribution in [2.24, 2.45) is 17.1 Å². The van der Waals surface area contributed by atoms with Gasteiger partial charge in [0.2, 0.25) is 5.91 Å². The van der Waals surface area contributed by atoms with Gasteiger partial charge in [0.15, 0.2) is 0 Å². The smallest absolute Gasteiger partial charge is 0.241 e. The van der Waals surface area contributed by atoms with Crippen LogP contribution in [0.15, 0.2) is 0 Å². The van der Waals surface area contributed by atoms with Crippen molar-refractivity contribution >= 4 is 5.91 Å². The Bertz CT molecular complexity index is 382. The number of carbonyl (C=O) groups is 1. The molecule has 4 nitrogen and oxygen atoms in total. The number of hydrogen-bond acceptors (Lipinski definition) is 3. The van der Waals surface area contributed by atoms with Gasteiger partial charge in [0.05, 0.1) is 6.10 Å². The number of rotatable bonds is 5. The van der Waals surface area contributed by atoms with Crippen LogP contribution in [0.3, 0.4) is 0 Å². The maximum absolute atomic E-state index is 12.9. The van der Waals surface area contributed by atoms with E-state index in [9.17, 15) is 4.79 Å². The van der Waals surface area contributed by atoms with Gasteiger partial charge in [0, 0.05) is 23.5 Å². The van der Waals surface area contributed by atoms with Crippen molar-refractivity contribution in [1.82, 2.24) is 5.32 Å². The first-order valence-electron chi connectivity index (χ1n) is 8.02. The molecule has 0 aromatic carbocycles. The van der Waals surface area contributed by atoms with E-state index in [4.69, 9.17) is 10.5 Å². The summed E-state index contributed by atoms with van der Waals surface area (Å²) in [5.41, 5.74) is 5.38. The Morgan fingerprint density at radius 2 is 1.85 bits per heavy atom. The second-order valence-electron chi connectivity index (χ2n) is 7.07. The van der Waals surface area contributed by atoms with Crippen molar-refractivity contribution < 1.29 is 9.53 Å². The maximum Gasteiger partial charge on any atom is 0.241 e. The van der Waals surface area contributed by atoms with Crippen molar-refractivity contribution in [2.45, 2.75) is 77.5 Å². The molecule has 1 saturated carbocycles. The number of fused-ring (bicyclic) bond motifs is 1. The lowest BCUT2D eigenvalue weighted by atomic mass is 9.47. The molecule has 2 aliphatic rings. The average Bonchev–Trinajstić information content (AvgIpc) is 2.92. The number of amides is 1. The first-order valence-corrected chi connectivity index (χ1v) is 8.02. The summed E-state index contributed by atoms with van der Waals surface area (Å²) in [5.74, 6) is 0.181. The fraction of sp³-hybridized carbons (Fsp3) is 0.938. The zero-order valence-electron chi connectivity index (χ0n) is 13.6. The molecule has 0 bridgehead atoms. The summed E-state index contributed by atoms with van der Waals surface area (Å²) in [6.07, 6.45) is 3.85. The Hall–Kier alpha value is -0.610. The van der Waals surface area contributed by atoms with Crippen LogP contribution in [0.1, 0.15) is 60.3 Å². The molecule has 3 unspecified atom stereocenters. The fourth-order valence-corrected chi connectivity index (χ4v) is 4.20. The van der Waals surface area contributed by atoms with Crippen LogP contribution in [-0.2, 0) is 9.53 Å². The van der Waals surface area contributed by atoms with Crippen LogP contribution >= 0.6 is 0 Å².